The number of amides is 2. The lowest BCUT2D eigenvalue weighted by Gasteiger charge is -2.19. The van der Waals surface area contributed by atoms with Gasteiger partial charge in [-0.05, 0) is 36.1 Å². The van der Waals surface area contributed by atoms with E-state index < -0.39 is 4.92 Å². The molecule has 2 aromatic rings. The van der Waals surface area contributed by atoms with Gasteiger partial charge in [0.15, 0.2) is 0 Å². The third-order valence-electron chi connectivity index (χ3n) is 4.43. The second-order valence-corrected chi connectivity index (χ2v) is 7.59. The summed E-state index contributed by atoms with van der Waals surface area (Å²) in [7, 11) is 0. The van der Waals surface area contributed by atoms with E-state index in [4.69, 9.17) is 0 Å². The van der Waals surface area contributed by atoms with E-state index in [-0.39, 0.29) is 35.9 Å². The summed E-state index contributed by atoms with van der Waals surface area (Å²) in [6.07, 6.45) is 0.0634. The minimum atomic E-state index is -0.490. The molecule has 0 saturated carbocycles. The molecular weight excluding hydrogens is 358 g/mol. The van der Waals surface area contributed by atoms with E-state index in [2.05, 4.69) is 31.4 Å². The fourth-order valence-electron chi connectivity index (χ4n) is 2.68. The summed E-state index contributed by atoms with van der Waals surface area (Å²) in [6.45, 7) is 8.05. The van der Waals surface area contributed by atoms with E-state index in [1.165, 1.54) is 12.1 Å². The summed E-state index contributed by atoms with van der Waals surface area (Å²) in [6, 6.07) is 11.9. The van der Waals surface area contributed by atoms with Gasteiger partial charge in [-0.15, -0.1) is 0 Å². The number of benzene rings is 2. The average Bonchev–Trinajstić information content (AvgIpc) is 2.62. The molecule has 0 fully saturated rings. The highest BCUT2D eigenvalue weighted by atomic mass is 16.6. The minimum Gasteiger partial charge on any atom is -0.352 e. The van der Waals surface area contributed by atoms with Crippen LogP contribution in [0.25, 0.3) is 0 Å². The molecule has 2 rings (SSSR count). The van der Waals surface area contributed by atoms with Crippen LogP contribution in [0, 0.1) is 17.0 Å². The van der Waals surface area contributed by atoms with E-state index >= 15 is 0 Å². The van der Waals surface area contributed by atoms with Gasteiger partial charge in [-0.3, -0.25) is 19.7 Å². The molecular formula is C21H25N3O4. The Bertz CT molecular complexity index is 884. The van der Waals surface area contributed by atoms with Crippen molar-refractivity contribution in [2.24, 2.45) is 0 Å². The van der Waals surface area contributed by atoms with E-state index in [1.54, 1.807) is 25.1 Å². The molecule has 2 amide bonds. The molecule has 2 N–H and O–H groups in total. The number of anilines is 1. The fraction of sp³-hybridized carbons (Fsp3) is 0.333. The predicted octanol–water partition coefficient (Wildman–Crippen LogP) is 3.96. The second kappa shape index (κ2) is 8.65. The summed E-state index contributed by atoms with van der Waals surface area (Å²) in [5.74, 6) is -0.577. The first-order valence-electron chi connectivity index (χ1n) is 9.02. The summed E-state index contributed by atoms with van der Waals surface area (Å²) in [5, 5.41) is 16.3. The van der Waals surface area contributed by atoms with Gasteiger partial charge in [0.05, 0.1) is 16.2 Å². The normalized spacial score (nSPS) is 11.0. The van der Waals surface area contributed by atoms with Crippen LogP contribution in [0.15, 0.2) is 42.5 Å². The maximum atomic E-state index is 12.2. The van der Waals surface area contributed by atoms with Gasteiger partial charge in [0, 0.05) is 24.6 Å². The number of nitrogens with one attached hydrogen (secondary N) is 2. The third kappa shape index (κ3) is 5.39. The zero-order chi connectivity index (χ0) is 20.9. The standard InChI is InChI=1S/C21H25N3O4/c1-14-17(6-5-7-18(14)24(27)28)23-19(25)12-13-22-20(26)15-8-10-16(11-9-15)21(2,3)4/h5-11H,12-13H2,1-4H3,(H,22,26)(H,23,25). The fourth-order valence-corrected chi connectivity index (χ4v) is 2.68. The Labute approximate surface area is 164 Å². The van der Waals surface area contributed by atoms with Crippen molar-refractivity contribution in [3.05, 3.63) is 69.3 Å². The Balaban J connectivity index is 1.88. The average molecular weight is 383 g/mol. The van der Waals surface area contributed by atoms with Crippen LogP contribution in [0.4, 0.5) is 11.4 Å². The van der Waals surface area contributed by atoms with Crippen LogP contribution in [0.3, 0.4) is 0 Å². The SMILES string of the molecule is Cc1c(NC(=O)CCNC(=O)c2ccc(C(C)(C)C)cc2)cccc1[N+](=O)[O-]. The van der Waals surface area contributed by atoms with Gasteiger partial charge in [-0.25, -0.2) is 0 Å². The highest BCUT2D eigenvalue weighted by Gasteiger charge is 2.16. The van der Waals surface area contributed by atoms with E-state index in [0.29, 0.717) is 16.8 Å². The van der Waals surface area contributed by atoms with Crippen molar-refractivity contribution in [2.45, 2.75) is 39.5 Å². The first-order chi connectivity index (χ1) is 13.1. The molecule has 7 heteroatoms. The quantitative estimate of drug-likeness (QED) is 0.582. The van der Waals surface area contributed by atoms with Gasteiger partial charge in [0.25, 0.3) is 11.6 Å². The Morgan fingerprint density at radius 1 is 1.07 bits per heavy atom. The molecule has 0 spiro atoms. The molecule has 0 aliphatic rings. The van der Waals surface area contributed by atoms with Crippen LogP contribution in [0.5, 0.6) is 0 Å². The molecule has 0 atom stereocenters. The first-order valence-corrected chi connectivity index (χ1v) is 9.02. The first kappa shape index (κ1) is 21.1. The number of nitro benzene ring substituents is 1. The van der Waals surface area contributed by atoms with Crippen molar-refractivity contribution in [1.29, 1.82) is 0 Å². The van der Waals surface area contributed by atoms with Crippen LogP contribution in [-0.2, 0) is 10.2 Å². The Morgan fingerprint density at radius 3 is 2.29 bits per heavy atom. The Morgan fingerprint density at radius 2 is 1.71 bits per heavy atom. The number of carbonyl (C=O) groups is 2. The molecule has 0 saturated heterocycles. The van der Waals surface area contributed by atoms with E-state index in [1.807, 2.05) is 12.1 Å². The van der Waals surface area contributed by atoms with E-state index in [9.17, 15) is 19.7 Å². The molecule has 0 radical (unpaired) electrons. The predicted molar refractivity (Wildman–Crippen MR) is 109 cm³/mol. The minimum absolute atomic E-state index is 0.0116. The van der Waals surface area contributed by atoms with Crippen LogP contribution < -0.4 is 10.6 Å². The molecule has 148 valence electrons. The lowest BCUT2D eigenvalue weighted by molar-refractivity contribution is -0.385. The number of hydrogen-bond donors (Lipinski definition) is 2. The molecule has 28 heavy (non-hydrogen) atoms. The smallest absolute Gasteiger partial charge is 0.274 e. The van der Waals surface area contributed by atoms with Gasteiger partial charge in [0.1, 0.15) is 0 Å². The molecule has 0 heterocycles. The molecule has 0 aromatic heterocycles. The summed E-state index contributed by atoms with van der Waals surface area (Å²) < 4.78 is 0. The zero-order valence-corrected chi connectivity index (χ0v) is 16.5. The molecule has 0 unspecified atom stereocenters. The molecule has 7 nitrogen and oxygen atoms in total. The van der Waals surface area contributed by atoms with Crippen LogP contribution in [0.2, 0.25) is 0 Å². The molecule has 0 bridgehead atoms. The number of nitro groups is 1. The zero-order valence-electron chi connectivity index (χ0n) is 16.5. The van der Waals surface area contributed by atoms with Gasteiger partial charge in [0.2, 0.25) is 5.91 Å². The van der Waals surface area contributed by atoms with Gasteiger partial charge < -0.3 is 10.6 Å². The lowest BCUT2D eigenvalue weighted by Crippen LogP contribution is -2.27. The summed E-state index contributed by atoms with van der Waals surface area (Å²) >= 11 is 0. The van der Waals surface area contributed by atoms with Crippen molar-refractivity contribution in [1.82, 2.24) is 5.32 Å². The maximum Gasteiger partial charge on any atom is 0.274 e. The number of nitrogens with zero attached hydrogens (tertiary/aromatic N) is 1. The second-order valence-electron chi connectivity index (χ2n) is 7.59. The number of carbonyl (C=O) groups excluding carboxylic acids is 2. The Hall–Kier alpha value is -3.22. The van der Waals surface area contributed by atoms with Crippen LogP contribution in [-0.4, -0.2) is 23.3 Å². The summed E-state index contributed by atoms with van der Waals surface area (Å²) in [5.41, 5.74) is 2.41. The van der Waals surface area contributed by atoms with Crippen molar-refractivity contribution in [2.75, 3.05) is 11.9 Å². The number of rotatable bonds is 6. The van der Waals surface area contributed by atoms with Crippen molar-refractivity contribution in [3.8, 4) is 0 Å². The topological polar surface area (TPSA) is 101 Å². The van der Waals surface area contributed by atoms with Gasteiger partial charge in [-0.2, -0.15) is 0 Å². The maximum absolute atomic E-state index is 12.2. The van der Waals surface area contributed by atoms with Gasteiger partial charge in [-0.1, -0.05) is 39.0 Å². The monoisotopic (exact) mass is 383 g/mol. The molecule has 0 aliphatic heterocycles. The van der Waals surface area contributed by atoms with Crippen molar-refractivity contribution < 1.29 is 14.5 Å². The van der Waals surface area contributed by atoms with Crippen molar-refractivity contribution >= 4 is 23.2 Å². The largest absolute Gasteiger partial charge is 0.352 e. The van der Waals surface area contributed by atoms with E-state index in [0.717, 1.165) is 5.56 Å². The highest BCUT2D eigenvalue weighted by molar-refractivity contribution is 5.95. The van der Waals surface area contributed by atoms with Crippen LogP contribution in [0.1, 0.15) is 48.7 Å². The molecule has 2 aromatic carbocycles. The summed E-state index contributed by atoms with van der Waals surface area (Å²) in [4.78, 5) is 34.8. The number of hydrogen-bond acceptors (Lipinski definition) is 4. The lowest BCUT2D eigenvalue weighted by atomic mass is 9.87. The Kier molecular flexibility index (Phi) is 6.51. The molecule has 0 aliphatic carbocycles. The highest BCUT2D eigenvalue weighted by Crippen LogP contribution is 2.25. The third-order valence-corrected chi connectivity index (χ3v) is 4.43. The van der Waals surface area contributed by atoms with Gasteiger partial charge >= 0.3 is 0 Å². The van der Waals surface area contributed by atoms with Crippen molar-refractivity contribution in [3.63, 3.8) is 0 Å². The van der Waals surface area contributed by atoms with Crippen LogP contribution >= 0.6 is 0 Å².